The Hall–Kier alpha value is -1.89. The lowest BCUT2D eigenvalue weighted by molar-refractivity contribution is -0.384. The smallest absolute Gasteiger partial charge is 0.287 e. The summed E-state index contributed by atoms with van der Waals surface area (Å²) < 4.78 is 1.62. The van der Waals surface area contributed by atoms with Gasteiger partial charge in [0, 0.05) is 25.2 Å². The molecule has 0 bridgehead atoms. The molecule has 0 aromatic carbocycles. The molecule has 0 spiro atoms. The maximum atomic E-state index is 12.1. The van der Waals surface area contributed by atoms with Crippen molar-refractivity contribution < 1.29 is 9.72 Å². The Kier molecular flexibility index (Phi) is 4.39. The Morgan fingerprint density at radius 3 is 2.90 bits per heavy atom. The molecule has 0 saturated heterocycles. The first-order chi connectivity index (χ1) is 9.52. The van der Waals surface area contributed by atoms with Crippen molar-refractivity contribution in [2.24, 2.45) is 11.7 Å². The van der Waals surface area contributed by atoms with Gasteiger partial charge in [-0.15, -0.1) is 0 Å². The number of nitro groups is 1. The SMILES string of the molecule is CCCn1cc([N+](=O)[O-])cc1C(=O)NCC(N)C1CC1. The highest BCUT2D eigenvalue weighted by Gasteiger charge is 2.29. The minimum absolute atomic E-state index is 0.0245. The number of carbonyl (C=O) groups excluding carboxylic acids is 1. The van der Waals surface area contributed by atoms with Crippen LogP contribution in [0.5, 0.6) is 0 Å². The molecule has 110 valence electrons. The van der Waals surface area contributed by atoms with Crippen LogP contribution >= 0.6 is 0 Å². The molecule has 1 aromatic rings. The van der Waals surface area contributed by atoms with Crippen LogP contribution in [0.2, 0.25) is 0 Å². The van der Waals surface area contributed by atoms with Gasteiger partial charge in [0.15, 0.2) is 0 Å². The molecule has 0 radical (unpaired) electrons. The maximum absolute atomic E-state index is 12.1. The van der Waals surface area contributed by atoms with Gasteiger partial charge in [0.05, 0.1) is 11.1 Å². The molecule has 0 aliphatic heterocycles. The lowest BCUT2D eigenvalue weighted by Gasteiger charge is -2.12. The quantitative estimate of drug-likeness (QED) is 0.580. The van der Waals surface area contributed by atoms with E-state index in [0.29, 0.717) is 24.7 Å². The lowest BCUT2D eigenvalue weighted by Crippen LogP contribution is -2.39. The number of rotatable bonds is 7. The largest absolute Gasteiger partial charge is 0.349 e. The standard InChI is InChI=1S/C13H20N4O3/c1-2-5-16-8-10(17(19)20)6-12(16)13(18)15-7-11(14)9-3-4-9/h6,8-9,11H,2-5,7,14H2,1H3,(H,15,18). The van der Waals surface area contributed by atoms with Crippen molar-refractivity contribution in [1.29, 1.82) is 0 Å². The number of aryl methyl sites for hydroxylation is 1. The normalized spacial score (nSPS) is 15.9. The molecule has 20 heavy (non-hydrogen) atoms. The van der Waals surface area contributed by atoms with E-state index < -0.39 is 4.92 Å². The second-order valence-electron chi connectivity index (χ2n) is 5.25. The molecule has 1 aromatic heterocycles. The van der Waals surface area contributed by atoms with Crippen molar-refractivity contribution in [1.82, 2.24) is 9.88 Å². The Labute approximate surface area is 117 Å². The van der Waals surface area contributed by atoms with Gasteiger partial charge in [-0.1, -0.05) is 6.92 Å². The van der Waals surface area contributed by atoms with Crippen LogP contribution in [0.25, 0.3) is 0 Å². The van der Waals surface area contributed by atoms with Gasteiger partial charge in [0.25, 0.3) is 11.6 Å². The zero-order chi connectivity index (χ0) is 14.7. The molecular formula is C13H20N4O3. The highest BCUT2D eigenvalue weighted by molar-refractivity contribution is 5.93. The number of nitrogens with zero attached hydrogens (tertiary/aromatic N) is 2. The summed E-state index contributed by atoms with van der Waals surface area (Å²) in [6.45, 7) is 2.94. The molecule has 7 nitrogen and oxygen atoms in total. The molecule has 1 fully saturated rings. The molecule has 3 N–H and O–H groups in total. The van der Waals surface area contributed by atoms with Crippen molar-refractivity contribution in [3.8, 4) is 0 Å². The summed E-state index contributed by atoms with van der Waals surface area (Å²) in [6.07, 6.45) is 4.44. The predicted octanol–water partition coefficient (Wildman–Crippen LogP) is 1.27. The van der Waals surface area contributed by atoms with Crippen molar-refractivity contribution in [3.05, 3.63) is 28.1 Å². The van der Waals surface area contributed by atoms with Gasteiger partial charge < -0.3 is 15.6 Å². The molecule has 1 amide bonds. The third-order valence-corrected chi connectivity index (χ3v) is 3.52. The van der Waals surface area contributed by atoms with Gasteiger partial charge >= 0.3 is 0 Å². The average Bonchev–Trinajstić information content (AvgIpc) is 3.17. The Balaban J connectivity index is 2.04. The average molecular weight is 280 g/mol. The maximum Gasteiger partial charge on any atom is 0.287 e. The van der Waals surface area contributed by atoms with Gasteiger partial charge in [0.1, 0.15) is 5.69 Å². The van der Waals surface area contributed by atoms with Crippen LogP contribution < -0.4 is 11.1 Å². The van der Waals surface area contributed by atoms with Crippen LogP contribution in [-0.4, -0.2) is 28.0 Å². The number of amides is 1. The second-order valence-corrected chi connectivity index (χ2v) is 5.25. The molecule has 1 unspecified atom stereocenters. The van der Waals surface area contributed by atoms with E-state index in [-0.39, 0.29) is 17.6 Å². The highest BCUT2D eigenvalue weighted by Crippen LogP contribution is 2.31. The lowest BCUT2D eigenvalue weighted by atomic mass is 10.2. The van der Waals surface area contributed by atoms with E-state index >= 15 is 0 Å². The summed E-state index contributed by atoms with van der Waals surface area (Å²) >= 11 is 0. The molecule has 1 aliphatic rings. The topological polar surface area (TPSA) is 103 Å². The molecule has 1 aliphatic carbocycles. The fourth-order valence-corrected chi connectivity index (χ4v) is 2.20. The van der Waals surface area contributed by atoms with Crippen LogP contribution in [0.3, 0.4) is 0 Å². The van der Waals surface area contributed by atoms with Gasteiger partial charge in [-0.25, -0.2) is 0 Å². The first kappa shape index (κ1) is 14.5. The number of nitrogens with two attached hydrogens (primary N) is 1. The van der Waals surface area contributed by atoms with E-state index in [0.717, 1.165) is 19.3 Å². The minimum Gasteiger partial charge on any atom is -0.349 e. The summed E-state index contributed by atoms with van der Waals surface area (Å²) in [6, 6.07) is 1.29. The summed E-state index contributed by atoms with van der Waals surface area (Å²) in [5, 5.41) is 13.6. The van der Waals surface area contributed by atoms with Crippen molar-refractivity contribution >= 4 is 11.6 Å². The van der Waals surface area contributed by atoms with Crippen LogP contribution in [-0.2, 0) is 6.54 Å². The summed E-state index contributed by atoms with van der Waals surface area (Å²) in [7, 11) is 0. The van der Waals surface area contributed by atoms with Gasteiger partial charge in [-0.05, 0) is 25.2 Å². The fourth-order valence-electron chi connectivity index (χ4n) is 2.20. The van der Waals surface area contributed by atoms with E-state index in [1.54, 1.807) is 4.57 Å². The minimum atomic E-state index is -0.487. The predicted molar refractivity (Wildman–Crippen MR) is 74.4 cm³/mol. The van der Waals surface area contributed by atoms with Crippen LogP contribution in [0.15, 0.2) is 12.3 Å². The molecule has 1 saturated carbocycles. The van der Waals surface area contributed by atoms with E-state index in [1.807, 2.05) is 6.92 Å². The monoisotopic (exact) mass is 280 g/mol. The van der Waals surface area contributed by atoms with Crippen LogP contribution in [0, 0.1) is 16.0 Å². The number of hydrogen-bond acceptors (Lipinski definition) is 4. The molecule has 7 heteroatoms. The first-order valence-electron chi connectivity index (χ1n) is 6.91. The Bertz CT molecular complexity index is 508. The molecule has 1 heterocycles. The van der Waals surface area contributed by atoms with Gasteiger partial charge in [-0.3, -0.25) is 14.9 Å². The zero-order valence-corrected chi connectivity index (χ0v) is 11.5. The van der Waals surface area contributed by atoms with E-state index in [4.69, 9.17) is 5.73 Å². The number of carbonyl (C=O) groups is 1. The first-order valence-corrected chi connectivity index (χ1v) is 6.91. The molecule has 1 atom stereocenters. The number of nitrogens with one attached hydrogen (secondary N) is 1. The molecule has 2 rings (SSSR count). The fraction of sp³-hybridized carbons (Fsp3) is 0.615. The second kappa shape index (κ2) is 6.04. The summed E-state index contributed by atoms with van der Waals surface area (Å²) in [5.74, 6) is 0.203. The van der Waals surface area contributed by atoms with Gasteiger partial charge in [0.2, 0.25) is 0 Å². The Morgan fingerprint density at radius 2 is 2.35 bits per heavy atom. The number of aromatic nitrogens is 1. The van der Waals surface area contributed by atoms with Crippen molar-refractivity contribution in [2.75, 3.05) is 6.54 Å². The van der Waals surface area contributed by atoms with Gasteiger partial charge in [-0.2, -0.15) is 0 Å². The van der Waals surface area contributed by atoms with E-state index in [9.17, 15) is 14.9 Å². The zero-order valence-electron chi connectivity index (χ0n) is 11.5. The van der Waals surface area contributed by atoms with Crippen molar-refractivity contribution in [3.63, 3.8) is 0 Å². The third kappa shape index (κ3) is 3.36. The van der Waals surface area contributed by atoms with Crippen LogP contribution in [0.4, 0.5) is 5.69 Å². The highest BCUT2D eigenvalue weighted by atomic mass is 16.6. The van der Waals surface area contributed by atoms with E-state index in [2.05, 4.69) is 5.32 Å². The van der Waals surface area contributed by atoms with E-state index in [1.165, 1.54) is 12.3 Å². The summed E-state index contributed by atoms with van der Waals surface area (Å²) in [5.41, 5.74) is 6.19. The van der Waals surface area contributed by atoms with Crippen molar-refractivity contribution in [2.45, 2.75) is 38.8 Å². The summed E-state index contributed by atoms with van der Waals surface area (Å²) in [4.78, 5) is 22.4. The van der Waals surface area contributed by atoms with Crippen LogP contribution in [0.1, 0.15) is 36.7 Å². The third-order valence-electron chi connectivity index (χ3n) is 3.52. The molecular weight excluding hydrogens is 260 g/mol. The number of hydrogen-bond donors (Lipinski definition) is 2. The Morgan fingerprint density at radius 1 is 1.65 bits per heavy atom.